The van der Waals surface area contributed by atoms with Crippen LogP contribution in [-0.2, 0) is 10.3 Å². The lowest BCUT2D eigenvalue weighted by atomic mass is 9.84. The fourth-order valence-corrected chi connectivity index (χ4v) is 2.97. The number of hydrogen-bond donors (Lipinski definition) is 2. The van der Waals surface area contributed by atoms with E-state index in [4.69, 9.17) is 10.5 Å². The van der Waals surface area contributed by atoms with Crippen LogP contribution < -0.4 is 11.1 Å². The Balaban J connectivity index is 0.00000107. The summed E-state index contributed by atoms with van der Waals surface area (Å²) in [5.41, 5.74) is 3.02. The Morgan fingerprint density at radius 2 is 1.76 bits per heavy atom. The first kappa shape index (κ1) is 28.9. The van der Waals surface area contributed by atoms with Gasteiger partial charge in [-0.05, 0) is 30.3 Å². The highest BCUT2D eigenvalue weighted by Gasteiger charge is 2.52. The van der Waals surface area contributed by atoms with Crippen LogP contribution in [0.3, 0.4) is 0 Å². The number of halogens is 5. The topological polar surface area (TPSA) is 76.7 Å². The molecule has 0 aromatic heterocycles. The monoisotopic (exact) mass is 487 g/mol. The first-order chi connectivity index (χ1) is 16.1. The van der Waals surface area contributed by atoms with Gasteiger partial charge in [0.1, 0.15) is 18.0 Å². The van der Waals surface area contributed by atoms with E-state index < -0.39 is 54.2 Å². The van der Waals surface area contributed by atoms with Gasteiger partial charge in [-0.2, -0.15) is 13.2 Å². The number of nitrogens with one attached hydrogen (secondary N) is 1. The van der Waals surface area contributed by atoms with Gasteiger partial charge < -0.3 is 10.5 Å². The van der Waals surface area contributed by atoms with Crippen LogP contribution in [0.15, 0.2) is 53.5 Å². The SMILES string of the molecule is CC.CCC.Nc1ccc(F)c(C2(CF)CC(C(F)(F)F)OC(NC(=O)c3ccccc3)=N2)c1. The van der Waals surface area contributed by atoms with Crippen LogP contribution in [0.1, 0.15) is 56.5 Å². The highest BCUT2D eigenvalue weighted by molar-refractivity contribution is 6.04. The van der Waals surface area contributed by atoms with Crippen molar-refractivity contribution in [1.82, 2.24) is 5.32 Å². The number of anilines is 1. The number of alkyl halides is 4. The van der Waals surface area contributed by atoms with Crippen molar-refractivity contribution in [3.05, 3.63) is 65.5 Å². The third-order valence-corrected chi connectivity index (χ3v) is 4.43. The number of nitrogen functional groups attached to an aromatic ring is 1. The maximum atomic E-state index is 14.4. The maximum Gasteiger partial charge on any atom is 0.425 e. The smallest absolute Gasteiger partial charge is 0.425 e. The van der Waals surface area contributed by atoms with Gasteiger partial charge in [-0.15, -0.1) is 0 Å². The van der Waals surface area contributed by atoms with Gasteiger partial charge in [0.05, 0.1) is 0 Å². The number of ether oxygens (including phenoxy) is 1. The molecule has 0 saturated heterocycles. The summed E-state index contributed by atoms with van der Waals surface area (Å²) in [6.45, 7) is 6.79. The zero-order chi connectivity index (χ0) is 25.9. The second-order valence-corrected chi connectivity index (χ2v) is 7.20. The molecule has 1 aliphatic heterocycles. The summed E-state index contributed by atoms with van der Waals surface area (Å²) >= 11 is 0. The number of carbonyl (C=O) groups excluding carboxylic acids is 1. The first-order valence-electron chi connectivity index (χ1n) is 10.9. The number of carbonyl (C=O) groups is 1. The molecule has 188 valence electrons. The summed E-state index contributed by atoms with van der Waals surface area (Å²) in [5, 5.41) is 2.10. The predicted octanol–water partition coefficient (Wildman–Crippen LogP) is 6.15. The summed E-state index contributed by atoms with van der Waals surface area (Å²) < 4.78 is 73.5. The predicted molar refractivity (Wildman–Crippen MR) is 123 cm³/mol. The van der Waals surface area contributed by atoms with Crippen molar-refractivity contribution in [2.75, 3.05) is 12.4 Å². The summed E-state index contributed by atoms with van der Waals surface area (Å²) in [4.78, 5) is 16.1. The second-order valence-electron chi connectivity index (χ2n) is 7.20. The van der Waals surface area contributed by atoms with Crippen molar-refractivity contribution in [1.29, 1.82) is 0 Å². The van der Waals surface area contributed by atoms with Crippen LogP contribution in [0.5, 0.6) is 0 Å². The Bertz CT molecular complexity index is 951. The minimum absolute atomic E-state index is 0.0225. The van der Waals surface area contributed by atoms with Crippen LogP contribution in [0, 0.1) is 5.82 Å². The van der Waals surface area contributed by atoms with Crippen molar-refractivity contribution in [2.24, 2.45) is 4.99 Å². The summed E-state index contributed by atoms with van der Waals surface area (Å²) in [6.07, 6.45) is -7.18. The van der Waals surface area contributed by atoms with Gasteiger partial charge in [0.2, 0.25) is 0 Å². The molecular formula is C24H30F5N3O2. The molecule has 34 heavy (non-hydrogen) atoms. The fourth-order valence-electron chi connectivity index (χ4n) is 2.97. The van der Waals surface area contributed by atoms with E-state index in [1.807, 2.05) is 13.8 Å². The molecule has 2 aromatic rings. The molecule has 2 unspecified atom stereocenters. The number of hydrogen-bond acceptors (Lipinski definition) is 4. The van der Waals surface area contributed by atoms with Gasteiger partial charge in [-0.25, -0.2) is 13.8 Å². The van der Waals surface area contributed by atoms with Crippen molar-refractivity contribution in [3.63, 3.8) is 0 Å². The fraction of sp³-hybridized carbons (Fsp3) is 0.417. The average Bonchev–Trinajstić information content (AvgIpc) is 2.82. The summed E-state index contributed by atoms with van der Waals surface area (Å²) in [6, 6.07) is 9.84. The number of benzene rings is 2. The number of aliphatic imine (C=N–C) groups is 1. The van der Waals surface area contributed by atoms with Crippen LogP contribution in [0.4, 0.5) is 27.6 Å². The minimum Gasteiger partial charge on any atom is -0.452 e. The van der Waals surface area contributed by atoms with Gasteiger partial charge in [-0.1, -0.05) is 52.3 Å². The average molecular weight is 488 g/mol. The molecule has 0 bridgehead atoms. The number of amidine groups is 1. The van der Waals surface area contributed by atoms with Crippen LogP contribution in [0.2, 0.25) is 0 Å². The molecule has 1 heterocycles. The van der Waals surface area contributed by atoms with E-state index in [1.165, 1.54) is 24.6 Å². The molecule has 0 aliphatic carbocycles. The zero-order valence-corrected chi connectivity index (χ0v) is 19.5. The molecule has 5 nitrogen and oxygen atoms in total. The Kier molecular flexibility index (Phi) is 11.0. The molecular weight excluding hydrogens is 457 g/mol. The Hall–Kier alpha value is -3.17. The van der Waals surface area contributed by atoms with Crippen LogP contribution in [-0.4, -0.2) is 30.9 Å². The van der Waals surface area contributed by atoms with Gasteiger partial charge in [0.25, 0.3) is 11.9 Å². The highest BCUT2D eigenvalue weighted by Crippen LogP contribution is 2.42. The Morgan fingerprint density at radius 3 is 2.29 bits per heavy atom. The molecule has 0 spiro atoms. The van der Waals surface area contributed by atoms with E-state index >= 15 is 0 Å². The van der Waals surface area contributed by atoms with Crippen molar-refractivity contribution >= 4 is 17.6 Å². The van der Waals surface area contributed by atoms with E-state index in [1.54, 1.807) is 18.2 Å². The molecule has 0 fully saturated rings. The Morgan fingerprint density at radius 1 is 1.18 bits per heavy atom. The normalized spacial score (nSPS) is 19.3. The van der Waals surface area contributed by atoms with Gasteiger partial charge in [0, 0.05) is 23.2 Å². The molecule has 2 atom stereocenters. The largest absolute Gasteiger partial charge is 0.452 e. The molecule has 0 radical (unpaired) electrons. The lowest BCUT2D eigenvalue weighted by Crippen LogP contribution is -2.50. The van der Waals surface area contributed by atoms with E-state index in [9.17, 15) is 26.7 Å². The lowest BCUT2D eigenvalue weighted by molar-refractivity contribution is -0.209. The van der Waals surface area contributed by atoms with E-state index in [0.717, 1.165) is 12.1 Å². The highest BCUT2D eigenvalue weighted by atomic mass is 19.4. The van der Waals surface area contributed by atoms with E-state index in [2.05, 4.69) is 24.2 Å². The maximum absolute atomic E-state index is 14.4. The van der Waals surface area contributed by atoms with Crippen molar-refractivity contribution in [3.8, 4) is 0 Å². The minimum atomic E-state index is -4.91. The number of amides is 1. The molecule has 10 heteroatoms. The van der Waals surface area contributed by atoms with Gasteiger partial charge in [0.15, 0.2) is 6.10 Å². The Labute approximate surface area is 196 Å². The van der Waals surface area contributed by atoms with Gasteiger partial charge >= 0.3 is 6.18 Å². The van der Waals surface area contributed by atoms with Gasteiger partial charge in [-0.3, -0.25) is 10.1 Å². The second kappa shape index (κ2) is 12.9. The molecule has 3 rings (SSSR count). The van der Waals surface area contributed by atoms with Crippen molar-refractivity contribution < 1.29 is 31.5 Å². The number of nitrogens with two attached hydrogens (primary N) is 1. The summed E-state index contributed by atoms with van der Waals surface area (Å²) in [7, 11) is 0. The van der Waals surface area contributed by atoms with E-state index in [0.29, 0.717) is 0 Å². The standard InChI is InChI=1S/C19H16F5N3O2.C3H8.C2H6/c20-10-18(13-8-12(25)6-7-14(13)21)9-15(19(22,23)24)29-17(27-18)26-16(28)11-4-2-1-3-5-11;1-3-2;1-2/h1-8,15H,9-10,25H2,(H,26,27,28);3H2,1-2H3;1-2H3. The first-order valence-corrected chi connectivity index (χ1v) is 10.9. The molecule has 1 aliphatic rings. The quantitative estimate of drug-likeness (QED) is 0.403. The van der Waals surface area contributed by atoms with Crippen LogP contribution in [0.25, 0.3) is 0 Å². The van der Waals surface area contributed by atoms with Crippen molar-refractivity contribution in [2.45, 2.75) is 58.4 Å². The number of rotatable bonds is 3. The number of nitrogens with zero attached hydrogens (tertiary/aromatic N) is 1. The molecule has 0 saturated carbocycles. The molecule has 3 N–H and O–H groups in total. The zero-order valence-electron chi connectivity index (χ0n) is 19.5. The summed E-state index contributed by atoms with van der Waals surface area (Å²) in [5.74, 6) is -1.79. The molecule has 2 aromatic carbocycles. The molecule has 1 amide bonds. The lowest BCUT2D eigenvalue weighted by Gasteiger charge is -2.37. The van der Waals surface area contributed by atoms with Crippen LogP contribution >= 0.6 is 0 Å². The van der Waals surface area contributed by atoms with E-state index in [-0.39, 0.29) is 11.3 Å². The third-order valence-electron chi connectivity index (χ3n) is 4.43. The third kappa shape index (κ3) is 7.43.